The van der Waals surface area contributed by atoms with Gasteiger partial charge in [0.15, 0.2) is 0 Å². The van der Waals surface area contributed by atoms with Crippen LogP contribution in [0.3, 0.4) is 0 Å². The summed E-state index contributed by atoms with van der Waals surface area (Å²) in [5.41, 5.74) is 2.55. The van der Waals surface area contributed by atoms with Crippen LogP contribution in [0.4, 0.5) is 0 Å². The van der Waals surface area contributed by atoms with Crippen molar-refractivity contribution in [3.8, 4) is 17.1 Å². The number of hydrogen-bond acceptors (Lipinski definition) is 5. The number of carbonyl (C=O) groups excluding carboxylic acids is 1. The highest BCUT2D eigenvalue weighted by atomic mass is 16.5. The Balaban J connectivity index is 1.73. The quantitative estimate of drug-likeness (QED) is 0.677. The predicted molar refractivity (Wildman–Crippen MR) is 97.9 cm³/mol. The van der Waals surface area contributed by atoms with Gasteiger partial charge in [-0.3, -0.25) is 4.79 Å². The van der Waals surface area contributed by atoms with Gasteiger partial charge in [0.2, 0.25) is 11.7 Å². The van der Waals surface area contributed by atoms with Crippen molar-refractivity contribution in [3.05, 3.63) is 65.5 Å². The molecule has 2 aromatic carbocycles. The highest BCUT2D eigenvalue weighted by molar-refractivity contribution is 5.96. The van der Waals surface area contributed by atoms with E-state index in [-0.39, 0.29) is 12.5 Å². The van der Waals surface area contributed by atoms with E-state index in [1.807, 2.05) is 50.2 Å². The standard InChI is InChI=1S/C20H21N3O3/c1-4-25-17-8-6-5-7-16(17)20(24)23(3)13-18-21-19(22-26-18)15-11-9-14(2)10-12-15/h5-12H,4,13H2,1-3H3. The maximum absolute atomic E-state index is 12.7. The molecule has 0 N–H and O–H groups in total. The normalized spacial score (nSPS) is 10.6. The van der Waals surface area contributed by atoms with Crippen molar-refractivity contribution in [2.24, 2.45) is 0 Å². The SMILES string of the molecule is CCOc1ccccc1C(=O)N(C)Cc1nc(-c2ccc(C)cc2)no1. The summed E-state index contributed by atoms with van der Waals surface area (Å²) < 4.78 is 10.8. The van der Waals surface area contributed by atoms with Gasteiger partial charge >= 0.3 is 0 Å². The van der Waals surface area contributed by atoms with E-state index in [2.05, 4.69) is 10.1 Å². The van der Waals surface area contributed by atoms with E-state index in [4.69, 9.17) is 9.26 Å². The molecule has 134 valence electrons. The summed E-state index contributed by atoms with van der Waals surface area (Å²) in [6, 6.07) is 15.0. The van der Waals surface area contributed by atoms with E-state index in [1.54, 1.807) is 19.2 Å². The minimum absolute atomic E-state index is 0.163. The molecule has 0 saturated carbocycles. The number of aromatic nitrogens is 2. The minimum atomic E-state index is -0.163. The van der Waals surface area contributed by atoms with E-state index in [1.165, 1.54) is 4.90 Å². The maximum atomic E-state index is 12.7. The lowest BCUT2D eigenvalue weighted by Gasteiger charge is -2.17. The first-order valence-electron chi connectivity index (χ1n) is 8.45. The fraction of sp³-hybridized carbons (Fsp3) is 0.250. The van der Waals surface area contributed by atoms with Crippen molar-refractivity contribution in [3.63, 3.8) is 0 Å². The van der Waals surface area contributed by atoms with Gasteiger partial charge in [0.1, 0.15) is 12.3 Å². The van der Waals surface area contributed by atoms with Crippen LogP contribution in [0, 0.1) is 6.92 Å². The molecule has 0 unspecified atom stereocenters. The highest BCUT2D eigenvalue weighted by Gasteiger charge is 2.19. The molecule has 6 heteroatoms. The maximum Gasteiger partial charge on any atom is 0.257 e. The first kappa shape index (κ1) is 17.7. The molecule has 0 bridgehead atoms. The van der Waals surface area contributed by atoms with Gasteiger partial charge in [-0.25, -0.2) is 0 Å². The molecule has 0 spiro atoms. The average Bonchev–Trinajstić information content (AvgIpc) is 3.11. The smallest absolute Gasteiger partial charge is 0.257 e. The average molecular weight is 351 g/mol. The lowest BCUT2D eigenvalue weighted by Crippen LogP contribution is -2.26. The van der Waals surface area contributed by atoms with Gasteiger partial charge in [-0.05, 0) is 26.0 Å². The molecule has 3 aromatic rings. The summed E-state index contributed by atoms with van der Waals surface area (Å²) in [6.45, 7) is 4.62. The van der Waals surface area contributed by atoms with E-state index in [0.29, 0.717) is 29.6 Å². The molecule has 1 aromatic heterocycles. The molecule has 1 heterocycles. The first-order valence-corrected chi connectivity index (χ1v) is 8.45. The van der Waals surface area contributed by atoms with Crippen molar-refractivity contribution in [2.75, 3.05) is 13.7 Å². The van der Waals surface area contributed by atoms with Crippen LogP contribution in [-0.4, -0.2) is 34.6 Å². The summed E-state index contributed by atoms with van der Waals surface area (Å²) in [5.74, 6) is 1.29. The van der Waals surface area contributed by atoms with Crippen LogP contribution in [0.15, 0.2) is 53.1 Å². The lowest BCUT2D eigenvalue weighted by atomic mass is 10.1. The van der Waals surface area contributed by atoms with Crippen LogP contribution in [0.25, 0.3) is 11.4 Å². The number of amides is 1. The number of hydrogen-bond donors (Lipinski definition) is 0. The van der Waals surface area contributed by atoms with Crippen molar-refractivity contribution in [1.29, 1.82) is 0 Å². The zero-order valence-corrected chi connectivity index (χ0v) is 15.1. The third-order valence-electron chi connectivity index (χ3n) is 3.91. The van der Waals surface area contributed by atoms with Gasteiger partial charge < -0.3 is 14.2 Å². The summed E-state index contributed by atoms with van der Waals surface area (Å²) in [4.78, 5) is 18.6. The molecule has 0 aliphatic carbocycles. The van der Waals surface area contributed by atoms with Gasteiger partial charge in [-0.2, -0.15) is 4.98 Å². The largest absolute Gasteiger partial charge is 0.493 e. The molecule has 3 rings (SSSR count). The third-order valence-corrected chi connectivity index (χ3v) is 3.91. The Hall–Kier alpha value is -3.15. The minimum Gasteiger partial charge on any atom is -0.493 e. The van der Waals surface area contributed by atoms with E-state index in [0.717, 1.165) is 11.1 Å². The van der Waals surface area contributed by atoms with Crippen LogP contribution in [-0.2, 0) is 6.54 Å². The predicted octanol–water partition coefficient (Wildman–Crippen LogP) is 3.72. The number of para-hydroxylation sites is 1. The van der Waals surface area contributed by atoms with Gasteiger partial charge in [-0.1, -0.05) is 47.1 Å². The molecule has 0 fully saturated rings. The second-order valence-corrected chi connectivity index (χ2v) is 5.97. The van der Waals surface area contributed by atoms with Crippen LogP contribution < -0.4 is 4.74 Å². The lowest BCUT2D eigenvalue weighted by molar-refractivity contribution is 0.0765. The summed E-state index contributed by atoms with van der Waals surface area (Å²) in [7, 11) is 1.70. The second-order valence-electron chi connectivity index (χ2n) is 5.97. The van der Waals surface area contributed by atoms with Gasteiger partial charge in [0.25, 0.3) is 5.91 Å². The molecular weight excluding hydrogens is 330 g/mol. The molecule has 6 nitrogen and oxygen atoms in total. The molecular formula is C20H21N3O3. The monoisotopic (exact) mass is 351 g/mol. The molecule has 0 aliphatic heterocycles. The topological polar surface area (TPSA) is 68.5 Å². The third kappa shape index (κ3) is 3.91. The first-order chi connectivity index (χ1) is 12.6. The fourth-order valence-electron chi connectivity index (χ4n) is 2.54. The number of carbonyl (C=O) groups is 1. The summed E-state index contributed by atoms with van der Waals surface area (Å²) in [6.07, 6.45) is 0. The van der Waals surface area contributed by atoms with E-state index >= 15 is 0 Å². The Bertz CT molecular complexity index is 887. The molecule has 26 heavy (non-hydrogen) atoms. The second kappa shape index (κ2) is 7.82. The fourth-order valence-corrected chi connectivity index (χ4v) is 2.54. The van der Waals surface area contributed by atoms with Crippen molar-refractivity contribution in [1.82, 2.24) is 15.0 Å². The molecule has 0 aliphatic rings. The Morgan fingerprint density at radius 2 is 1.88 bits per heavy atom. The number of aryl methyl sites for hydroxylation is 1. The van der Waals surface area contributed by atoms with Gasteiger partial charge in [0, 0.05) is 12.6 Å². The summed E-state index contributed by atoms with van der Waals surface area (Å²) >= 11 is 0. The van der Waals surface area contributed by atoms with Gasteiger partial charge in [0.05, 0.1) is 12.2 Å². The van der Waals surface area contributed by atoms with Crippen LogP contribution in [0.5, 0.6) is 5.75 Å². The summed E-state index contributed by atoms with van der Waals surface area (Å²) in [5, 5.41) is 4.00. The van der Waals surface area contributed by atoms with Crippen LogP contribution in [0.2, 0.25) is 0 Å². The van der Waals surface area contributed by atoms with Crippen molar-refractivity contribution < 1.29 is 14.1 Å². The number of rotatable bonds is 6. The Labute approximate surface area is 152 Å². The van der Waals surface area contributed by atoms with Crippen molar-refractivity contribution in [2.45, 2.75) is 20.4 Å². The Kier molecular flexibility index (Phi) is 5.31. The molecule has 0 saturated heterocycles. The van der Waals surface area contributed by atoms with Gasteiger partial charge in [-0.15, -0.1) is 0 Å². The Morgan fingerprint density at radius 3 is 2.62 bits per heavy atom. The molecule has 0 atom stereocenters. The van der Waals surface area contributed by atoms with Crippen LogP contribution in [0.1, 0.15) is 28.7 Å². The Morgan fingerprint density at radius 1 is 1.15 bits per heavy atom. The van der Waals surface area contributed by atoms with Crippen molar-refractivity contribution >= 4 is 5.91 Å². The highest BCUT2D eigenvalue weighted by Crippen LogP contribution is 2.21. The number of nitrogens with zero attached hydrogens (tertiary/aromatic N) is 3. The van der Waals surface area contributed by atoms with E-state index < -0.39 is 0 Å². The zero-order chi connectivity index (χ0) is 18.5. The molecule has 0 radical (unpaired) electrons. The molecule has 1 amide bonds. The van der Waals surface area contributed by atoms with Crippen LogP contribution >= 0.6 is 0 Å². The number of ether oxygens (including phenoxy) is 1. The zero-order valence-electron chi connectivity index (χ0n) is 15.1. The van der Waals surface area contributed by atoms with E-state index in [9.17, 15) is 4.79 Å². The number of benzene rings is 2.